The lowest BCUT2D eigenvalue weighted by atomic mass is 9.87. The summed E-state index contributed by atoms with van der Waals surface area (Å²) in [6, 6.07) is 14.9. The van der Waals surface area contributed by atoms with Gasteiger partial charge in [-0.25, -0.2) is 4.79 Å². The van der Waals surface area contributed by atoms with E-state index in [2.05, 4.69) is 22.8 Å². The third kappa shape index (κ3) is 3.56. The smallest absolute Gasteiger partial charge is 0.324 e. The average molecular weight is 363 g/mol. The number of urea groups is 1. The molecule has 0 bridgehead atoms. The van der Waals surface area contributed by atoms with E-state index in [1.54, 1.807) is 24.3 Å². The van der Waals surface area contributed by atoms with Gasteiger partial charge in [0.1, 0.15) is 0 Å². The van der Waals surface area contributed by atoms with Crippen molar-refractivity contribution < 1.29 is 14.4 Å². The van der Waals surface area contributed by atoms with Gasteiger partial charge in [-0.3, -0.25) is 14.5 Å². The molecule has 2 aromatic carbocycles. The van der Waals surface area contributed by atoms with Crippen LogP contribution >= 0.6 is 0 Å². The van der Waals surface area contributed by atoms with Crippen LogP contribution in [0.4, 0.5) is 4.79 Å². The number of benzene rings is 2. The van der Waals surface area contributed by atoms with E-state index in [1.807, 2.05) is 12.1 Å². The van der Waals surface area contributed by atoms with Crippen molar-refractivity contribution in [3.05, 3.63) is 70.8 Å². The van der Waals surface area contributed by atoms with Gasteiger partial charge >= 0.3 is 6.03 Å². The number of nitrogens with one attached hydrogen (secondary N) is 2. The molecule has 4 amide bonds. The fourth-order valence-corrected chi connectivity index (χ4v) is 3.70. The number of nitrogens with zero attached hydrogens (tertiary/aromatic N) is 1. The third-order valence-electron chi connectivity index (χ3n) is 5.17. The Morgan fingerprint density at radius 1 is 1.11 bits per heavy atom. The zero-order chi connectivity index (χ0) is 18.8. The Bertz CT molecular complexity index is 876. The second-order valence-electron chi connectivity index (χ2n) is 6.95. The maximum Gasteiger partial charge on any atom is 0.324 e. The number of carbonyl (C=O) groups excluding carboxylic acids is 3. The van der Waals surface area contributed by atoms with Crippen LogP contribution in [0.2, 0.25) is 0 Å². The van der Waals surface area contributed by atoms with Crippen LogP contribution in [0.3, 0.4) is 0 Å². The number of hydrogen-bond donors (Lipinski definition) is 2. The molecular formula is C21H21N3O3. The van der Waals surface area contributed by atoms with Gasteiger partial charge in [-0.15, -0.1) is 0 Å². The Labute approximate surface area is 157 Å². The molecule has 27 heavy (non-hydrogen) atoms. The number of imide groups is 1. The van der Waals surface area contributed by atoms with Gasteiger partial charge in [0, 0.05) is 5.56 Å². The Morgan fingerprint density at radius 2 is 1.89 bits per heavy atom. The molecule has 0 radical (unpaired) electrons. The Balaban J connectivity index is 1.43. The monoisotopic (exact) mass is 363 g/mol. The lowest BCUT2D eigenvalue weighted by molar-refractivity contribution is -0.125. The summed E-state index contributed by atoms with van der Waals surface area (Å²) in [5.41, 5.74) is 3.88. The Morgan fingerprint density at radius 3 is 2.63 bits per heavy atom. The van der Waals surface area contributed by atoms with Gasteiger partial charge in [-0.1, -0.05) is 36.4 Å². The minimum atomic E-state index is -0.377. The summed E-state index contributed by atoms with van der Waals surface area (Å²) in [5.74, 6) is -0.351. The zero-order valence-electron chi connectivity index (χ0n) is 14.9. The van der Waals surface area contributed by atoms with Gasteiger partial charge in [0.2, 0.25) is 5.91 Å². The first-order valence-corrected chi connectivity index (χ1v) is 9.17. The number of carbonyl (C=O) groups is 3. The minimum Gasteiger partial charge on any atom is -0.345 e. The van der Waals surface area contributed by atoms with Gasteiger partial charge in [-0.2, -0.15) is 0 Å². The van der Waals surface area contributed by atoms with Crippen molar-refractivity contribution in [1.29, 1.82) is 0 Å². The van der Waals surface area contributed by atoms with Crippen LogP contribution in [-0.4, -0.2) is 29.3 Å². The SMILES string of the molecule is O=C(N[C@H]1CCCc2ccccc21)c1ccc(CN2C(=O)CNC2=O)cc1. The number of amides is 4. The molecule has 1 fully saturated rings. The van der Waals surface area contributed by atoms with Gasteiger partial charge < -0.3 is 10.6 Å². The molecule has 2 aromatic rings. The molecule has 6 nitrogen and oxygen atoms in total. The first kappa shape index (κ1) is 17.3. The zero-order valence-corrected chi connectivity index (χ0v) is 14.9. The van der Waals surface area contributed by atoms with E-state index in [-0.39, 0.29) is 37.0 Å². The van der Waals surface area contributed by atoms with Crippen LogP contribution in [0, 0.1) is 0 Å². The molecule has 1 heterocycles. The highest BCUT2D eigenvalue weighted by Gasteiger charge is 2.28. The van der Waals surface area contributed by atoms with Crippen molar-refractivity contribution in [3.63, 3.8) is 0 Å². The van der Waals surface area contributed by atoms with E-state index in [4.69, 9.17) is 0 Å². The number of fused-ring (bicyclic) bond motifs is 1. The topological polar surface area (TPSA) is 78.5 Å². The summed E-state index contributed by atoms with van der Waals surface area (Å²) in [7, 11) is 0. The van der Waals surface area contributed by atoms with Crippen molar-refractivity contribution in [3.8, 4) is 0 Å². The van der Waals surface area contributed by atoms with E-state index in [0.717, 1.165) is 24.8 Å². The molecule has 2 aliphatic rings. The van der Waals surface area contributed by atoms with Crippen LogP contribution in [0.25, 0.3) is 0 Å². The third-order valence-corrected chi connectivity index (χ3v) is 5.17. The molecule has 4 rings (SSSR count). The van der Waals surface area contributed by atoms with Crippen LogP contribution in [-0.2, 0) is 17.8 Å². The normalized spacial score (nSPS) is 18.8. The quantitative estimate of drug-likeness (QED) is 0.820. The number of hydrogen-bond acceptors (Lipinski definition) is 3. The van der Waals surface area contributed by atoms with Crippen LogP contribution in [0.1, 0.15) is 45.9 Å². The van der Waals surface area contributed by atoms with Crippen molar-refractivity contribution in [1.82, 2.24) is 15.5 Å². The standard InChI is InChI=1S/C21H21N3O3/c25-19-12-22-21(27)24(19)13-14-8-10-16(11-9-14)20(26)23-18-7-3-5-15-4-1-2-6-17(15)18/h1-2,4,6,8-11,18H,3,5,7,12-13H2,(H,22,27)(H,23,26)/t18-/m0/s1. The largest absolute Gasteiger partial charge is 0.345 e. The molecule has 0 spiro atoms. The first-order chi connectivity index (χ1) is 13.1. The predicted octanol–water partition coefficient (Wildman–Crippen LogP) is 2.55. The van der Waals surface area contributed by atoms with E-state index < -0.39 is 0 Å². The molecule has 0 saturated carbocycles. The second kappa shape index (κ2) is 7.23. The molecule has 1 saturated heterocycles. The maximum absolute atomic E-state index is 12.6. The fourth-order valence-electron chi connectivity index (χ4n) is 3.70. The molecular weight excluding hydrogens is 342 g/mol. The molecule has 2 N–H and O–H groups in total. The lowest BCUT2D eigenvalue weighted by Crippen LogP contribution is -2.31. The van der Waals surface area contributed by atoms with Crippen molar-refractivity contribution in [2.24, 2.45) is 0 Å². The maximum atomic E-state index is 12.6. The number of rotatable bonds is 4. The highest BCUT2D eigenvalue weighted by molar-refractivity contribution is 6.01. The van der Waals surface area contributed by atoms with Crippen LogP contribution < -0.4 is 10.6 Å². The van der Waals surface area contributed by atoms with E-state index in [9.17, 15) is 14.4 Å². The van der Waals surface area contributed by atoms with E-state index in [0.29, 0.717) is 5.56 Å². The van der Waals surface area contributed by atoms with Crippen LogP contribution in [0.5, 0.6) is 0 Å². The minimum absolute atomic E-state index is 0.0352. The average Bonchev–Trinajstić information content (AvgIpc) is 3.01. The Hall–Kier alpha value is -3.15. The molecule has 138 valence electrons. The highest BCUT2D eigenvalue weighted by Crippen LogP contribution is 2.29. The fraction of sp³-hybridized carbons (Fsp3) is 0.286. The molecule has 1 aliphatic carbocycles. The summed E-state index contributed by atoms with van der Waals surface area (Å²) in [5, 5.41) is 5.63. The van der Waals surface area contributed by atoms with Crippen molar-refractivity contribution in [2.75, 3.05) is 6.54 Å². The predicted molar refractivity (Wildman–Crippen MR) is 100.0 cm³/mol. The number of aryl methyl sites for hydroxylation is 1. The van der Waals surface area contributed by atoms with Crippen molar-refractivity contribution >= 4 is 17.8 Å². The van der Waals surface area contributed by atoms with Gasteiger partial charge in [0.05, 0.1) is 19.1 Å². The molecule has 0 unspecified atom stereocenters. The summed E-state index contributed by atoms with van der Waals surface area (Å²) in [6.45, 7) is 0.255. The highest BCUT2D eigenvalue weighted by atomic mass is 16.2. The van der Waals surface area contributed by atoms with Gasteiger partial charge in [0.15, 0.2) is 0 Å². The second-order valence-corrected chi connectivity index (χ2v) is 6.95. The summed E-state index contributed by atoms with van der Waals surface area (Å²) in [4.78, 5) is 37.1. The van der Waals surface area contributed by atoms with E-state index in [1.165, 1.54) is 16.0 Å². The summed E-state index contributed by atoms with van der Waals surface area (Å²) < 4.78 is 0. The molecule has 6 heteroatoms. The molecule has 1 atom stereocenters. The van der Waals surface area contributed by atoms with E-state index >= 15 is 0 Å². The van der Waals surface area contributed by atoms with Crippen LogP contribution in [0.15, 0.2) is 48.5 Å². The Kier molecular flexibility index (Phi) is 4.62. The molecule has 0 aromatic heterocycles. The lowest BCUT2D eigenvalue weighted by Gasteiger charge is -2.26. The molecule has 1 aliphatic heterocycles. The van der Waals surface area contributed by atoms with Gasteiger partial charge in [0.25, 0.3) is 5.91 Å². The van der Waals surface area contributed by atoms with Crippen molar-refractivity contribution in [2.45, 2.75) is 31.8 Å². The first-order valence-electron chi connectivity index (χ1n) is 9.17. The summed E-state index contributed by atoms with van der Waals surface area (Å²) in [6.07, 6.45) is 3.06. The van der Waals surface area contributed by atoms with Gasteiger partial charge in [-0.05, 0) is 48.1 Å². The summed E-state index contributed by atoms with van der Waals surface area (Å²) >= 11 is 0.